The van der Waals surface area contributed by atoms with Crippen LogP contribution in [-0.2, 0) is 6.42 Å². The number of fused-ring (bicyclic) bond motifs is 1. The van der Waals surface area contributed by atoms with E-state index in [9.17, 15) is 4.79 Å². The maximum atomic E-state index is 11.6. The summed E-state index contributed by atoms with van der Waals surface area (Å²) in [6.07, 6.45) is 6.87. The topological polar surface area (TPSA) is 102 Å². The Labute approximate surface area is 177 Å². The number of pyridine rings is 1. The number of aromatic amines is 1. The molecule has 0 atom stereocenters. The molecule has 1 amide bonds. The van der Waals surface area contributed by atoms with Gasteiger partial charge in [-0.15, -0.1) is 0 Å². The minimum Gasteiger partial charge on any atom is -0.365 e. The van der Waals surface area contributed by atoms with Gasteiger partial charge in [0, 0.05) is 43.4 Å². The van der Waals surface area contributed by atoms with Crippen LogP contribution in [0.25, 0.3) is 10.9 Å². The van der Waals surface area contributed by atoms with Crippen molar-refractivity contribution in [2.24, 2.45) is 5.73 Å². The predicted octanol–water partition coefficient (Wildman–Crippen LogP) is 2.92. The molecule has 0 fully saturated rings. The maximum Gasteiger partial charge on any atom is 0.252 e. The highest BCUT2D eigenvalue weighted by atomic mass is 16.1. The number of unbranched alkanes of at least 4 members (excludes halogenated alkanes) is 1. The van der Waals surface area contributed by atoms with Crippen LogP contribution < -0.4 is 10.6 Å². The Morgan fingerprint density at radius 3 is 2.80 bits per heavy atom. The van der Waals surface area contributed by atoms with Crippen molar-refractivity contribution in [3.05, 3.63) is 59.4 Å². The Bertz CT molecular complexity index is 1050. The summed E-state index contributed by atoms with van der Waals surface area (Å²) in [4.78, 5) is 23.4. The zero-order chi connectivity index (χ0) is 21.5. The monoisotopic (exact) mass is 404 g/mol. The van der Waals surface area contributed by atoms with Gasteiger partial charge >= 0.3 is 0 Å². The number of aryl methyl sites for hydroxylation is 1. The summed E-state index contributed by atoms with van der Waals surface area (Å²) in [5.74, 6) is 0.159. The van der Waals surface area contributed by atoms with Crippen LogP contribution in [0.2, 0.25) is 0 Å². The first kappa shape index (κ1) is 21.3. The van der Waals surface area contributed by atoms with E-state index >= 15 is 0 Å². The summed E-state index contributed by atoms with van der Waals surface area (Å²) in [5.41, 5.74) is 8.93. The predicted molar refractivity (Wildman–Crippen MR) is 119 cm³/mol. The number of likely N-dealkylation sites (N-methyl/N-ethyl adjacent to an activating group) is 2. The average Bonchev–Trinajstić information content (AvgIpc) is 3.17. The Morgan fingerprint density at radius 1 is 1.20 bits per heavy atom. The molecule has 7 nitrogen and oxygen atoms in total. The van der Waals surface area contributed by atoms with Crippen molar-refractivity contribution < 1.29 is 4.79 Å². The van der Waals surface area contributed by atoms with Crippen molar-refractivity contribution in [2.75, 3.05) is 38.6 Å². The molecule has 3 rings (SSSR count). The van der Waals surface area contributed by atoms with E-state index in [0.717, 1.165) is 49.8 Å². The number of H-pyrrole nitrogens is 1. The molecule has 7 heteroatoms. The summed E-state index contributed by atoms with van der Waals surface area (Å²) in [6.45, 7) is 2.61. The zero-order valence-electron chi connectivity index (χ0n) is 17.6. The number of nitrogens with zero attached hydrogens (tertiary/aromatic N) is 4. The fraction of sp³-hybridized carbons (Fsp3) is 0.348. The van der Waals surface area contributed by atoms with Crippen LogP contribution in [0.15, 0.2) is 42.7 Å². The number of benzene rings is 1. The Balaban J connectivity index is 1.44. The summed E-state index contributed by atoms with van der Waals surface area (Å²) < 4.78 is 0. The molecule has 0 aliphatic rings. The SMILES string of the molecule is CN(CCCCc1c[nH]c2ccc(C#N)cc12)CCN(C)c1ncccc1C(N)=O. The van der Waals surface area contributed by atoms with Gasteiger partial charge in [-0.1, -0.05) is 0 Å². The Morgan fingerprint density at radius 2 is 2.03 bits per heavy atom. The third-order valence-electron chi connectivity index (χ3n) is 5.36. The highest BCUT2D eigenvalue weighted by Crippen LogP contribution is 2.21. The lowest BCUT2D eigenvalue weighted by Gasteiger charge is -2.24. The average molecular weight is 405 g/mol. The first-order chi connectivity index (χ1) is 14.5. The number of aromatic nitrogens is 2. The van der Waals surface area contributed by atoms with Crippen molar-refractivity contribution in [1.82, 2.24) is 14.9 Å². The molecule has 1 aromatic carbocycles. The van der Waals surface area contributed by atoms with E-state index in [0.29, 0.717) is 16.9 Å². The molecule has 0 bridgehead atoms. The summed E-state index contributed by atoms with van der Waals surface area (Å²) in [7, 11) is 4.03. The Kier molecular flexibility index (Phi) is 7.04. The molecule has 0 saturated heterocycles. The van der Waals surface area contributed by atoms with Crippen LogP contribution in [-0.4, -0.2) is 54.5 Å². The molecule has 2 aromatic heterocycles. The third-order valence-corrected chi connectivity index (χ3v) is 5.36. The second-order valence-electron chi connectivity index (χ2n) is 7.61. The first-order valence-electron chi connectivity index (χ1n) is 10.1. The molecule has 3 aromatic rings. The van der Waals surface area contributed by atoms with E-state index in [-0.39, 0.29) is 0 Å². The van der Waals surface area contributed by atoms with Gasteiger partial charge in [-0.25, -0.2) is 4.98 Å². The van der Waals surface area contributed by atoms with Crippen molar-refractivity contribution in [3.8, 4) is 6.07 Å². The van der Waals surface area contributed by atoms with Crippen molar-refractivity contribution >= 4 is 22.6 Å². The molecular weight excluding hydrogens is 376 g/mol. The van der Waals surface area contributed by atoms with E-state index < -0.39 is 5.91 Å². The quantitative estimate of drug-likeness (QED) is 0.506. The van der Waals surface area contributed by atoms with E-state index in [1.54, 1.807) is 18.3 Å². The molecule has 0 radical (unpaired) electrons. The highest BCUT2D eigenvalue weighted by molar-refractivity contribution is 5.97. The number of hydrogen-bond acceptors (Lipinski definition) is 5. The van der Waals surface area contributed by atoms with Gasteiger partial charge in [-0.3, -0.25) is 4.79 Å². The van der Waals surface area contributed by atoms with Crippen LogP contribution in [0.3, 0.4) is 0 Å². The maximum absolute atomic E-state index is 11.6. The van der Waals surface area contributed by atoms with Crippen LogP contribution >= 0.6 is 0 Å². The number of nitrogens with one attached hydrogen (secondary N) is 1. The lowest BCUT2D eigenvalue weighted by atomic mass is 10.1. The van der Waals surface area contributed by atoms with E-state index in [4.69, 9.17) is 11.0 Å². The molecule has 0 unspecified atom stereocenters. The van der Waals surface area contributed by atoms with Gasteiger partial charge in [0.05, 0.1) is 17.2 Å². The van der Waals surface area contributed by atoms with E-state index in [1.165, 1.54) is 5.56 Å². The number of carbonyl (C=O) groups excluding carboxylic acids is 1. The minimum atomic E-state index is -0.461. The van der Waals surface area contributed by atoms with Gasteiger partial charge in [0.25, 0.3) is 5.91 Å². The van der Waals surface area contributed by atoms with Gasteiger partial charge in [-0.05, 0) is 68.8 Å². The van der Waals surface area contributed by atoms with Gasteiger partial charge in [0.2, 0.25) is 0 Å². The summed E-state index contributed by atoms with van der Waals surface area (Å²) in [5, 5.41) is 10.3. The zero-order valence-corrected chi connectivity index (χ0v) is 17.6. The lowest BCUT2D eigenvalue weighted by Crippen LogP contribution is -2.33. The molecule has 0 aliphatic heterocycles. The number of carbonyl (C=O) groups is 1. The smallest absolute Gasteiger partial charge is 0.252 e. The van der Waals surface area contributed by atoms with Crippen LogP contribution in [0.1, 0.15) is 34.3 Å². The van der Waals surface area contributed by atoms with Crippen molar-refractivity contribution in [2.45, 2.75) is 19.3 Å². The van der Waals surface area contributed by atoms with Crippen LogP contribution in [0, 0.1) is 11.3 Å². The number of amides is 1. The largest absolute Gasteiger partial charge is 0.365 e. The second kappa shape index (κ2) is 9.90. The van der Waals surface area contributed by atoms with Crippen molar-refractivity contribution in [1.29, 1.82) is 5.26 Å². The fourth-order valence-electron chi connectivity index (χ4n) is 3.58. The second-order valence-corrected chi connectivity index (χ2v) is 7.61. The van der Waals surface area contributed by atoms with Gasteiger partial charge < -0.3 is 20.5 Å². The molecule has 3 N–H and O–H groups in total. The summed E-state index contributed by atoms with van der Waals surface area (Å²) in [6, 6.07) is 11.4. The molecule has 0 saturated carbocycles. The number of nitrogens with two attached hydrogens (primary N) is 1. The number of nitriles is 1. The highest BCUT2D eigenvalue weighted by Gasteiger charge is 2.13. The van der Waals surface area contributed by atoms with Crippen LogP contribution in [0.5, 0.6) is 0 Å². The van der Waals surface area contributed by atoms with Crippen molar-refractivity contribution in [3.63, 3.8) is 0 Å². The van der Waals surface area contributed by atoms with Gasteiger partial charge in [-0.2, -0.15) is 5.26 Å². The van der Waals surface area contributed by atoms with Crippen LogP contribution in [0.4, 0.5) is 5.82 Å². The fourth-order valence-corrected chi connectivity index (χ4v) is 3.58. The molecule has 2 heterocycles. The molecule has 0 spiro atoms. The number of rotatable bonds is 10. The molecule has 156 valence electrons. The molecular formula is C23H28N6O. The molecule has 30 heavy (non-hydrogen) atoms. The minimum absolute atomic E-state index is 0.445. The number of primary amides is 1. The normalized spacial score (nSPS) is 11.0. The number of hydrogen-bond donors (Lipinski definition) is 2. The van der Waals surface area contributed by atoms with E-state index in [2.05, 4.69) is 28.0 Å². The first-order valence-corrected chi connectivity index (χ1v) is 10.1. The number of anilines is 1. The lowest BCUT2D eigenvalue weighted by molar-refractivity contribution is 0.100. The third kappa shape index (κ3) is 5.16. The van der Waals surface area contributed by atoms with Gasteiger partial charge in [0.15, 0.2) is 0 Å². The Hall–Kier alpha value is -3.37. The summed E-state index contributed by atoms with van der Waals surface area (Å²) >= 11 is 0. The standard InChI is InChI=1S/C23H28N6O/c1-28(12-13-29(2)23-19(22(25)30)7-5-10-26-23)11-4-3-6-18-16-27-21-9-8-17(15-24)14-20(18)21/h5,7-10,14,16,27H,3-4,6,11-13H2,1-2H3,(H2,25,30). The van der Waals surface area contributed by atoms with Gasteiger partial charge in [0.1, 0.15) is 5.82 Å². The molecule has 0 aliphatic carbocycles. The van der Waals surface area contributed by atoms with E-state index in [1.807, 2.05) is 36.3 Å².